The van der Waals surface area contributed by atoms with Crippen molar-refractivity contribution in [2.24, 2.45) is 0 Å². The molecule has 0 aliphatic heterocycles. The van der Waals surface area contributed by atoms with Gasteiger partial charge in [-0.05, 0) is 24.9 Å². The summed E-state index contributed by atoms with van der Waals surface area (Å²) >= 11 is 3.54. The van der Waals surface area contributed by atoms with Crippen molar-refractivity contribution < 1.29 is 0 Å². The number of thiophene rings is 1. The molecule has 2 heterocycles. The molecule has 2 aromatic heterocycles. The summed E-state index contributed by atoms with van der Waals surface area (Å²) in [5.74, 6) is 0. The number of aromatic nitrogens is 1. The number of hydrogen-bond donors (Lipinski definition) is 1. The molecule has 0 aliphatic rings. The minimum atomic E-state index is 0.928. The van der Waals surface area contributed by atoms with Crippen molar-refractivity contribution in [1.29, 1.82) is 0 Å². The molecule has 0 unspecified atom stereocenters. The molecule has 2 aromatic rings. The van der Waals surface area contributed by atoms with Crippen molar-refractivity contribution in [3.05, 3.63) is 27.4 Å². The molecule has 0 bridgehead atoms. The van der Waals surface area contributed by atoms with Gasteiger partial charge in [0, 0.05) is 22.4 Å². The number of thiazole rings is 1. The lowest BCUT2D eigenvalue weighted by Crippen LogP contribution is -2.05. The van der Waals surface area contributed by atoms with E-state index >= 15 is 0 Å². The Morgan fingerprint density at radius 2 is 2.31 bits per heavy atom. The second-order valence-electron chi connectivity index (χ2n) is 3.68. The standard InChI is InChI=1S/C12H16N2S2/c1-3-4-10-11(7-13-2)16-12(14-10)9-5-6-15-8-9/h5-6,8,13H,3-4,7H2,1-2H3. The van der Waals surface area contributed by atoms with Crippen LogP contribution < -0.4 is 5.32 Å². The Morgan fingerprint density at radius 1 is 1.44 bits per heavy atom. The van der Waals surface area contributed by atoms with Gasteiger partial charge in [0.25, 0.3) is 0 Å². The molecule has 2 rings (SSSR count). The molecule has 0 atom stereocenters. The second kappa shape index (κ2) is 5.57. The first-order valence-corrected chi connectivity index (χ1v) is 7.26. The molecule has 0 saturated carbocycles. The lowest BCUT2D eigenvalue weighted by atomic mass is 10.2. The predicted molar refractivity (Wildman–Crippen MR) is 72.2 cm³/mol. The van der Waals surface area contributed by atoms with E-state index in [1.165, 1.54) is 16.1 Å². The topological polar surface area (TPSA) is 24.9 Å². The van der Waals surface area contributed by atoms with E-state index in [-0.39, 0.29) is 0 Å². The van der Waals surface area contributed by atoms with Crippen LogP contribution in [-0.2, 0) is 13.0 Å². The van der Waals surface area contributed by atoms with Gasteiger partial charge in [0.2, 0.25) is 0 Å². The van der Waals surface area contributed by atoms with Crippen LogP contribution in [-0.4, -0.2) is 12.0 Å². The lowest BCUT2D eigenvalue weighted by molar-refractivity contribution is 0.798. The van der Waals surface area contributed by atoms with E-state index in [4.69, 9.17) is 4.98 Å². The molecular weight excluding hydrogens is 236 g/mol. The highest BCUT2D eigenvalue weighted by Gasteiger charge is 2.11. The molecule has 0 saturated heterocycles. The average Bonchev–Trinajstić information content (AvgIpc) is 2.89. The molecule has 0 spiro atoms. The van der Waals surface area contributed by atoms with E-state index in [9.17, 15) is 0 Å². The third kappa shape index (κ3) is 2.51. The molecule has 0 radical (unpaired) electrons. The predicted octanol–water partition coefficient (Wildman–Crippen LogP) is 3.54. The maximum absolute atomic E-state index is 4.75. The smallest absolute Gasteiger partial charge is 0.124 e. The number of aryl methyl sites for hydroxylation is 1. The Balaban J connectivity index is 2.30. The van der Waals surface area contributed by atoms with Crippen LogP contribution in [0.2, 0.25) is 0 Å². The average molecular weight is 252 g/mol. The molecular formula is C12H16N2S2. The fraction of sp³-hybridized carbons (Fsp3) is 0.417. The summed E-state index contributed by atoms with van der Waals surface area (Å²) in [4.78, 5) is 6.13. The van der Waals surface area contributed by atoms with Crippen LogP contribution in [0.5, 0.6) is 0 Å². The third-order valence-corrected chi connectivity index (χ3v) is 4.20. The van der Waals surface area contributed by atoms with Crippen LogP contribution in [0.1, 0.15) is 23.9 Å². The highest BCUT2D eigenvalue weighted by molar-refractivity contribution is 7.15. The molecule has 1 N–H and O–H groups in total. The molecule has 0 aliphatic carbocycles. The van der Waals surface area contributed by atoms with Crippen molar-refractivity contribution in [2.45, 2.75) is 26.3 Å². The highest BCUT2D eigenvalue weighted by Crippen LogP contribution is 2.30. The maximum Gasteiger partial charge on any atom is 0.124 e. The molecule has 0 aromatic carbocycles. The van der Waals surface area contributed by atoms with Gasteiger partial charge in [0.15, 0.2) is 0 Å². The summed E-state index contributed by atoms with van der Waals surface area (Å²) in [6.45, 7) is 3.13. The van der Waals surface area contributed by atoms with Gasteiger partial charge >= 0.3 is 0 Å². The van der Waals surface area contributed by atoms with Crippen molar-refractivity contribution in [2.75, 3.05) is 7.05 Å². The van der Waals surface area contributed by atoms with Crippen LogP contribution in [0.3, 0.4) is 0 Å². The number of nitrogens with one attached hydrogen (secondary N) is 1. The zero-order valence-corrected chi connectivity index (χ0v) is 11.3. The fourth-order valence-electron chi connectivity index (χ4n) is 1.62. The van der Waals surface area contributed by atoms with Crippen LogP contribution in [0.25, 0.3) is 10.6 Å². The highest BCUT2D eigenvalue weighted by atomic mass is 32.1. The monoisotopic (exact) mass is 252 g/mol. The summed E-state index contributed by atoms with van der Waals surface area (Å²) in [6, 6.07) is 2.14. The van der Waals surface area contributed by atoms with E-state index in [0.717, 1.165) is 24.4 Å². The summed E-state index contributed by atoms with van der Waals surface area (Å²) in [5.41, 5.74) is 2.53. The SMILES string of the molecule is CCCc1nc(-c2ccsc2)sc1CNC. The molecule has 0 fully saturated rings. The minimum absolute atomic E-state index is 0.928. The van der Waals surface area contributed by atoms with Crippen molar-refractivity contribution in [3.8, 4) is 10.6 Å². The summed E-state index contributed by atoms with van der Waals surface area (Å²) in [5, 5.41) is 8.65. The number of rotatable bonds is 5. The zero-order valence-electron chi connectivity index (χ0n) is 9.62. The van der Waals surface area contributed by atoms with Gasteiger partial charge in [-0.25, -0.2) is 4.98 Å². The minimum Gasteiger partial charge on any atom is -0.315 e. The molecule has 4 heteroatoms. The first-order valence-electron chi connectivity index (χ1n) is 5.51. The third-order valence-electron chi connectivity index (χ3n) is 2.37. The van der Waals surface area contributed by atoms with Gasteiger partial charge in [0.05, 0.1) is 5.69 Å². The fourth-order valence-corrected chi connectivity index (χ4v) is 3.45. The summed E-state index contributed by atoms with van der Waals surface area (Å²) in [7, 11) is 1.99. The van der Waals surface area contributed by atoms with E-state index in [2.05, 4.69) is 29.1 Å². The first kappa shape index (κ1) is 11.8. The second-order valence-corrected chi connectivity index (χ2v) is 5.54. The van der Waals surface area contributed by atoms with E-state index in [1.807, 2.05) is 18.4 Å². The van der Waals surface area contributed by atoms with Crippen LogP contribution in [0.15, 0.2) is 16.8 Å². The van der Waals surface area contributed by atoms with E-state index in [1.54, 1.807) is 11.3 Å². The molecule has 2 nitrogen and oxygen atoms in total. The normalized spacial score (nSPS) is 10.9. The van der Waals surface area contributed by atoms with E-state index < -0.39 is 0 Å². The van der Waals surface area contributed by atoms with Crippen molar-refractivity contribution >= 4 is 22.7 Å². The van der Waals surface area contributed by atoms with Gasteiger partial charge < -0.3 is 5.32 Å². The first-order chi connectivity index (χ1) is 7.85. The summed E-state index contributed by atoms with van der Waals surface area (Å²) in [6.07, 6.45) is 2.24. The van der Waals surface area contributed by atoms with Crippen molar-refractivity contribution in [3.63, 3.8) is 0 Å². The Hall–Kier alpha value is -0.710. The van der Waals surface area contributed by atoms with Crippen LogP contribution >= 0.6 is 22.7 Å². The van der Waals surface area contributed by atoms with Crippen LogP contribution in [0, 0.1) is 0 Å². The Morgan fingerprint density at radius 3 is 2.94 bits per heavy atom. The Bertz CT molecular complexity index is 408. The van der Waals surface area contributed by atoms with Crippen molar-refractivity contribution in [1.82, 2.24) is 10.3 Å². The van der Waals surface area contributed by atoms with Gasteiger partial charge in [-0.1, -0.05) is 13.3 Å². The molecule has 86 valence electrons. The summed E-state index contributed by atoms with van der Waals surface area (Å²) < 4.78 is 0. The van der Waals surface area contributed by atoms with Gasteiger partial charge in [0.1, 0.15) is 5.01 Å². The molecule has 0 amide bonds. The Kier molecular flexibility index (Phi) is 4.09. The zero-order chi connectivity index (χ0) is 11.4. The lowest BCUT2D eigenvalue weighted by Gasteiger charge is -1.98. The largest absolute Gasteiger partial charge is 0.315 e. The number of hydrogen-bond acceptors (Lipinski definition) is 4. The number of nitrogens with zero attached hydrogens (tertiary/aromatic N) is 1. The quantitative estimate of drug-likeness (QED) is 0.880. The maximum atomic E-state index is 4.75. The van der Waals surface area contributed by atoms with Crippen LogP contribution in [0.4, 0.5) is 0 Å². The van der Waals surface area contributed by atoms with Gasteiger partial charge in [-0.2, -0.15) is 11.3 Å². The van der Waals surface area contributed by atoms with Gasteiger partial charge in [-0.15, -0.1) is 11.3 Å². The Labute approximate surface area is 104 Å². The van der Waals surface area contributed by atoms with E-state index in [0.29, 0.717) is 0 Å². The molecule has 16 heavy (non-hydrogen) atoms. The van der Waals surface area contributed by atoms with Gasteiger partial charge in [-0.3, -0.25) is 0 Å².